The molecule has 0 aromatic heterocycles. The lowest BCUT2D eigenvalue weighted by Crippen LogP contribution is -2.11. The van der Waals surface area contributed by atoms with E-state index in [1.54, 1.807) is 0 Å². The predicted molar refractivity (Wildman–Crippen MR) is 112 cm³/mol. The lowest BCUT2D eigenvalue weighted by atomic mass is 10.1. The van der Waals surface area contributed by atoms with Crippen molar-refractivity contribution in [1.29, 1.82) is 0 Å². The standard InChI is InChI=1S/C24H11ClF4O4/c25-15-6-9-20(32-23(30)12-4-7-16(26)18(28)10-12)14-2-1-3-21(22(14)15)33-24(31)13-5-8-17(27)19(29)11-13/h1-11H. The van der Waals surface area contributed by atoms with E-state index in [1.807, 2.05) is 0 Å². The molecule has 0 heterocycles. The normalized spacial score (nSPS) is 10.8. The van der Waals surface area contributed by atoms with E-state index in [4.69, 9.17) is 21.1 Å². The molecule has 0 atom stereocenters. The third kappa shape index (κ3) is 4.51. The van der Waals surface area contributed by atoms with Gasteiger partial charge in [0.25, 0.3) is 0 Å². The van der Waals surface area contributed by atoms with E-state index < -0.39 is 35.2 Å². The van der Waals surface area contributed by atoms with Crippen molar-refractivity contribution in [2.45, 2.75) is 0 Å². The van der Waals surface area contributed by atoms with Gasteiger partial charge in [-0.1, -0.05) is 23.7 Å². The Morgan fingerprint density at radius 2 is 1.18 bits per heavy atom. The maximum absolute atomic E-state index is 13.5. The molecule has 4 aromatic carbocycles. The molecule has 9 heteroatoms. The Morgan fingerprint density at radius 1 is 0.636 bits per heavy atom. The minimum Gasteiger partial charge on any atom is -0.422 e. The van der Waals surface area contributed by atoms with Crippen LogP contribution in [0.1, 0.15) is 20.7 Å². The molecule has 33 heavy (non-hydrogen) atoms. The average Bonchev–Trinajstić information content (AvgIpc) is 2.79. The quantitative estimate of drug-likeness (QED) is 0.193. The molecule has 0 saturated carbocycles. The Balaban J connectivity index is 1.68. The summed E-state index contributed by atoms with van der Waals surface area (Å²) in [5.41, 5.74) is -0.458. The highest BCUT2D eigenvalue weighted by Crippen LogP contribution is 2.38. The van der Waals surface area contributed by atoms with Gasteiger partial charge in [0.1, 0.15) is 11.5 Å². The number of halogens is 5. The minimum absolute atomic E-state index is 0.00913. The van der Waals surface area contributed by atoms with Gasteiger partial charge < -0.3 is 9.47 Å². The first-order chi connectivity index (χ1) is 15.7. The van der Waals surface area contributed by atoms with Crippen molar-refractivity contribution in [3.63, 3.8) is 0 Å². The molecule has 4 aromatic rings. The van der Waals surface area contributed by atoms with E-state index in [2.05, 4.69) is 0 Å². The monoisotopic (exact) mass is 474 g/mol. The number of fused-ring (bicyclic) bond motifs is 1. The first-order valence-corrected chi connectivity index (χ1v) is 9.68. The van der Waals surface area contributed by atoms with Crippen LogP contribution < -0.4 is 9.47 Å². The van der Waals surface area contributed by atoms with E-state index in [9.17, 15) is 27.2 Å². The fourth-order valence-corrected chi connectivity index (χ4v) is 3.30. The number of carbonyl (C=O) groups excluding carboxylic acids is 2. The highest BCUT2D eigenvalue weighted by molar-refractivity contribution is 6.36. The fraction of sp³-hybridized carbons (Fsp3) is 0. The predicted octanol–water partition coefficient (Wildman–Crippen LogP) is 6.49. The van der Waals surface area contributed by atoms with Crippen molar-refractivity contribution < 1.29 is 36.6 Å². The second kappa shape index (κ2) is 8.91. The van der Waals surface area contributed by atoms with Crippen molar-refractivity contribution in [1.82, 2.24) is 0 Å². The average molecular weight is 475 g/mol. The highest BCUT2D eigenvalue weighted by Gasteiger charge is 2.19. The Morgan fingerprint density at radius 3 is 1.73 bits per heavy atom. The molecule has 0 saturated heterocycles. The fourth-order valence-electron chi connectivity index (χ4n) is 3.04. The zero-order chi connectivity index (χ0) is 23.7. The van der Waals surface area contributed by atoms with Crippen molar-refractivity contribution in [3.8, 4) is 11.5 Å². The number of benzene rings is 4. The van der Waals surface area contributed by atoms with E-state index in [1.165, 1.54) is 30.3 Å². The van der Waals surface area contributed by atoms with Crippen molar-refractivity contribution in [2.24, 2.45) is 0 Å². The van der Waals surface area contributed by atoms with E-state index >= 15 is 0 Å². The first-order valence-electron chi connectivity index (χ1n) is 9.30. The van der Waals surface area contributed by atoms with Crippen molar-refractivity contribution in [2.75, 3.05) is 0 Å². The van der Waals surface area contributed by atoms with Crippen LogP contribution in [0.5, 0.6) is 11.5 Å². The van der Waals surface area contributed by atoms with E-state index in [0.29, 0.717) is 12.1 Å². The summed E-state index contributed by atoms with van der Waals surface area (Å²) in [6.45, 7) is 0. The van der Waals surface area contributed by atoms with Crippen LogP contribution in [0.3, 0.4) is 0 Å². The molecule has 0 fully saturated rings. The number of carbonyl (C=O) groups is 2. The largest absolute Gasteiger partial charge is 0.422 e. The van der Waals surface area contributed by atoms with Crippen molar-refractivity contribution >= 4 is 34.3 Å². The molecule has 0 bridgehead atoms. The Bertz CT molecular complexity index is 1420. The van der Waals surface area contributed by atoms with Crippen LogP contribution >= 0.6 is 11.6 Å². The Kier molecular flexibility index (Phi) is 6.02. The van der Waals surface area contributed by atoms with Gasteiger partial charge in [-0.15, -0.1) is 0 Å². The van der Waals surface area contributed by atoms with Crippen LogP contribution in [-0.2, 0) is 0 Å². The molecule has 0 spiro atoms. The van der Waals surface area contributed by atoms with Crippen LogP contribution in [0.15, 0.2) is 66.7 Å². The molecular formula is C24H11ClF4O4. The summed E-state index contributed by atoms with van der Waals surface area (Å²) in [6.07, 6.45) is 0. The van der Waals surface area contributed by atoms with Crippen molar-refractivity contribution in [3.05, 3.63) is 106 Å². The smallest absolute Gasteiger partial charge is 0.343 e. The third-order valence-electron chi connectivity index (χ3n) is 4.63. The summed E-state index contributed by atoms with van der Waals surface area (Å²) in [7, 11) is 0. The van der Waals surface area contributed by atoms with Gasteiger partial charge in [-0.05, 0) is 54.6 Å². The van der Waals surface area contributed by atoms with Gasteiger partial charge in [-0.3, -0.25) is 0 Å². The molecule has 4 nitrogen and oxygen atoms in total. The summed E-state index contributed by atoms with van der Waals surface area (Å²) in [6, 6.07) is 12.3. The molecule has 0 aliphatic heterocycles. The molecule has 0 radical (unpaired) electrons. The number of esters is 2. The number of rotatable bonds is 4. The van der Waals surface area contributed by atoms with Crippen LogP contribution in [-0.4, -0.2) is 11.9 Å². The van der Waals surface area contributed by atoms with Gasteiger partial charge in [-0.2, -0.15) is 0 Å². The van der Waals surface area contributed by atoms with Crippen LogP contribution in [0.25, 0.3) is 10.8 Å². The maximum atomic E-state index is 13.5. The molecule has 0 aliphatic carbocycles. The number of hydrogen-bond acceptors (Lipinski definition) is 4. The summed E-state index contributed by atoms with van der Waals surface area (Å²) in [5.74, 6) is -6.61. The Labute approximate surface area is 188 Å². The topological polar surface area (TPSA) is 52.6 Å². The summed E-state index contributed by atoms with van der Waals surface area (Å²) >= 11 is 6.27. The minimum atomic E-state index is -1.22. The van der Waals surface area contributed by atoms with Gasteiger partial charge in [-0.25, -0.2) is 27.2 Å². The molecule has 0 amide bonds. The lowest BCUT2D eigenvalue weighted by molar-refractivity contribution is 0.0725. The molecule has 0 N–H and O–H groups in total. The zero-order valence-electron chi connectivity index (χ0n) is 16.4. The maximum Gasteiger partial charge on any atom is 0.343 e. The third-order valence-corrected chi connectivity index (χ3v) is 4.94. The summed E-state index contributed by atoms with van der Waals surface area (Å²) in [5, 5.41) is 0.617. The number of hydrogen-bond donors (Lipinski definition) is 0. The lowest BCUT2D eigenvalue weighted by Gasteiger charge is -2.13. The highest BCUT2D eigenvalue weighted by atomic mass is 35.5. The molecule has 0 unspecified atom stereocenters. The first kappa shape index (κ1) is 22.3. The molecule has 166 valence electrons. The Hall–Kier alpha value is -3.91. The molecule has 4 rings (SSSR count). The van der Waals surface area contributed by atoms with Gasteiger partial charge in [0.05, 0.1) is 16.1 Å². The zero-order valence-corrected chi connectivity index (χ0v) is 17.1. The summed E-state index contributed by atoms with van der Waals surface area (Å²) < 4.78 is 63.8. The second-order valence-corrected chi connectivity index (χ2v) is 7.17. The summed E-state index contributed by atoms with van der Waals surface area (Å²) in [4.78, 5) is 24.9. The van der Waals surface area contributed by atoms with Gasteiger partial charge >= 0.3 is 11.9 Å². The molecule has 0 aliphatic rings. The van der Waals surface area contributed by atoms with Gasteiger partial charge in [0.2, 0.25) is 0 Å². The van der Waals surface area contributed by atoms with Crippen LogP contribution in [0.2, 0.25) is 5.02 Å². The number of ether oxygens (including phenoxy) is 2. The van der Waals surface area contributed by atoms with Gasteiger partial charge in [0.15, 0.2) is 23.3 Å². The van der Waals surface area contributed by atoms with E-state index in [-0.39, 0.29) is 38.4 Å². The van der Waals surface area contributed by atoms with Gasteiger partial charge in [0, 0.05) is 10.8 Å². The molecular weight excluding hydrogens is 464 g/mol. The second-order valence-electron chi connectivity index (χ2n) is 6.76. The van der Waals surface area contributed by atoms with E-state index in [0.717, 1.165) is 24.3 Å². The SMILES string of the molecule is O=C(Oc1ccc(Cl)c2c(OC(=O)c3ccc(F)c(F)c3)cccc12)c1ccc(F)c(F)c1. The van der Waals surface area contributed by atoms with Crippen LogP contribution in [0.4, 0.5) is 17.6 Å². The van der Waals surface area contributed by atoms with Crippen LogP contribution in [0, 0.1) is 23.3 Å².